The molecule has 0 aliphatic carbocycles. The molecule has 4 N–H and O–H groups in total. The summed E-state index contributed by atoms with van der Waals surface area (Å²) in [5.41, 5.74) is 8.16. The highest BCUT2D eigenvalue weighted by Crippen LogP contribution is 2.36. The van der Waals surface area contributed by atoms with Crippen LogP contribution >= 0.6 is 0 Å². The number of benzene rings is 3. The standard InChI is InChI=1S/C29H24FN5O/c1-2-31-14-17-8-20(16-32-15-17)18-6-7-27-25(11-18)29(35-34-27)28-13-24-23(4-3-5-26(24)33-28)19-9-21(30)12-22(36)10-19/h3-13,15-16,31,33,36H,2,14H2,1H3,(H,34,35). The van der Waals surface area contributed by atoms with E-state index in [2.05, 4.69) is 50.6 Å². The summed E-state index contributed by atoms with van der Waals surface area (Å²) in [7, 11) is 0. The van der Waals surface area contributed by atoms with Gasteiger partial charge in [-0.15, -0.1) is 0 Å². The fraction of sp³-hybridized carbons (Fsp3) is 0.103. The number of halogens is 1. The van der Waals surface area contributed by atoms with Gasteiger partial charge in [-0.2, -0.15) is 5.10 Å². The van der Waals surface area contributed by atoms with Crippen LogP contribution in [-0.4, -0.2) is 31.8 Å². The number of hydrogen-bond acceptors (Lipinski definition) is 4. The van der Waals surface area contributed by atoms with Crippen LogP contribution in [0.25, 0.3) is 55.4 Å². The molecule has 6 nitrogen and oxygen atoms in total. The Morgan fingerprint density at radius 3 is 2.67 bits per heavy atom. The molecule has 178 valence electrons. The summed E-state index contributed by atoms with van der Waals surface area (Å²) in [6, 6.07) is 20.3. The van der Waals surface area contributed by atoms with Gasteiger partial charge in [0.05, 0.1) is 11.2 Å². The molecule has 3 heterocycles. The van der Waals surface area contributed by atoms with Crippen molar-refractivity contribution < 1.29 is 9.50 Å². The van der Waals surface area contributed by atoms with E-state index in [1.54, 1.807) is 6.07 Å². The predicted molar refractivity (Wildman–Crippen MR) is 141 cm³/mol. The van der Waals surface area contributed by atoms with Crippen LogP contribution in [0.3, 0.4) is 0 Å². The lowest BCUT2D eigenvalue weighted by Crippen LogP contribution is -2.11. The molecular formula is C29H24FN5O. The summed E-state index contributed by atoms with van der Waals surface area (Å²) >= 11 is 0. The lowest BCUT2D eigenvalue weighted by atomic mass is 10.0. The number of H-pyrrole nitrogens is 2. The Labute approximate surface area is 206 Å². The van der Waals surface area contributed by atoms with Crippen LogP contribution in [0.5, 0.6) is 5.75 Å². The van der Waals surface area contributed by atoms with Gasteiger partial charge in [-0.3, -0.25) is 10.1 Å². The molecule has 3 aromatic heterocycles. The molecule has 0 saturated carbocycles. The number of phenolic OH excluding ortho intramolecular Hbond substituents is 1. The van der Waals surface area contributed by atoms with Crippen LogP contribution < -0.4 is 5.32 Å². The summed E-state index contributed by atoms with van der Waals surface area (Å²) in [5.74, 6) is -0.583. The fourth-order valence-corrected chi connectivity index (χ4v) is 4.67. The van der Waals surface area contributed by atoms with Crippen molar-refractivity contribution in [2.45, 2.75) is 13.5 Å². The summed E-state index contributed by atoms with van der Waals surface area (Å²) in [5, 5.41) is 22.9. The third-order valence-corrected chi connectivity index (χ3v) is 6.38. The average molecular weight is 478 g/mol. The lowest BCUT2D eigenvalue weighted by molar-refractivity contribution is 0.469. The minimum atomic E-state index is -0.479. The van der Waals surface area contributed by atoms with Crippen LogP contribution in [-0.2, 0) is 6.54 Å². The van der Waals surface area contributed by atoms with E-state index in [0.717, 1.165) is 74.6 Å². The number of fused-ring (bicyclic) bond motifs is 2. The fourth-order valence-electron chi connectivity index (χ4n) is 4.67. The zero-order chi connectivity index (χ0) is 24.6. The van der Waals surface area contributed by atoms with Crippen LogP contribution in [0.15, 0.2) is 79.1 Å². The van der Waals surface area contributed by atoms with Gasteiger partial charge in [0.2, 0.25) is 0 Å². The molecule has 3 aromatic carbocycles. The van der Waals surface area contributed by atoms with Crippen molar-refractivity contribution in [3.63, 3.8) is 0 Å². The molecule has 6 aromatic rings. The number of phenols is 1. The Balaban J connectivity index is 1.44. The molecule has 0 unspecified atom stereocenters. The number of aromatic nitrogens is 4. The van der Waals surface area contributed by atoms with Crippen LogP contribution in [0.4, 0.5) is 4.39 Å². The predicted octanol–water partition coefficient (Wildman–Crippen LogP) is 6.39. The highest BCUT2D eigenvalue weighted by atomic mass is 19.1. The van der Waals surface area contributed by atoms with Gasteiger partial charge < -0.3 is 15.4 Å². The first-order valence-corrected chi connectivity index (χ1v) is 11.8. The third-order valence-electron chi connectivity index (χ3n) is 6.38. The van der Waals surface area contributed by atoms with E-state index in [1.807, 2.05) is 42.7 Å². The topological polar surface area (TPSA) is 89.6 Å². The highest BCUT2D eigenvalue weighted by molar-refractivity contribution is 6.02. The summed E-state index contributed by atoms with van der Waals surface area (Å²) in [6.07, 6.45) is 3.76. The first-order valence-electron chi connectivity index (χ1n) is 11.8. The van der Waals surface area contributed by atoms with Crippen LogP contribution in [0.1, 0.15) is 12.5 Å². The monoisotopic (exact) mass is 477 g/mol. The van der Waals surface area contributed by atoms with E-state index in [0.29, 0.717) is 5.56 Å². The molecule has 0 radical (unpaired) electrons. The number of aromatic hydroxyl groups is 1. The van der Waals surface area contributed by atoms with Crippen molar-refractivity contribution in [2.75, 3.05) is 6.54 Å². The number of nitrogens with zero attached hydrogens (tertiary/aromatic N) is 2. The van der Waals surface area contributed by atoms with E-state index in [9.17, 15) is 9.50 Å². The minimum absolute atomic E-state index is 0.104. The smallest absolute Gasteiger partial charge is 0.127 e. The molecule has 0 saturated heterocycles. The van der Waals surface area contributed by atoms with Gasteiger partial charge in [-0.1, -0.05) is 25.1 Å². The third kappa shape index (κ3) is 3.99. The normalized spacial score (nSPS) is 11.5. The van der Waals surface area contributed by atoms with Gasteiger partial charge in [-0.05, 0) is 71.3 Å². The number of aromatic amines is 2. The highest BCUT2D eigenvalue weighted by Gasteiger charge is 2.15. The Morgan fingerprint density at radius 1 is 0.889 bits per heavy atom. The molecule has 0 aliphatic rings. The molecule has 0 bridgehead atoms. The average Bonchev–Trinajstić information content (AvgIpc) is 3.50. The molecule has 36 heavy (non-hydrogen) atoms. The number of nitrogens with one attached hydrogen (secondary N) is 3. The molecule has 0 spiro atoms. The number of pyridine rings is 1. The van der Waals surface area contributed by atoms with Gasteiger partial charge in [0.1, 0.15) is 17.3 Å². The first-order chi connectivity index (χ1) is 17.6. The van der Waals surface area contributed by atoms with Crippen LogP contribution in [0, 0.1) is 5.82 Å². The second kappa shape index (κ2) is 8.94. The lowest BCUT2D eigenvalue weighted by Gasteiger charge is -2.06. The molecule has 0 fully saturated rings. The SMILES string of the molecule is CCNCc1cncc(-c2ccc3[nH]nc(-c4cc5c(-c6cc(O)cc(F)c6)cccc5[nH]4)c3c2)c1. The summed E-state index contributed by atoms with van der Waals surface area (Å²) < 4.78 is 14.0. The van der Waals surface area contributed by atoms with E-state index in [1.165, 1.54) is 6.07 Å². The van der Waals surface area contributed by atoms with E-state index < -0.39 is 5.82 Å². The summed E-state index contributed by atoms with van der Waals surface area (Å²) in [6.45, 7) is 3.76. The van der Waals surface area contributed by atoms with Crippen molar-refractivity contribution in [1.29, 1.82) is 0 Å². The van der Waals surface area contributed by atoms with Crippen LogP contribution in [0.2, 0.25) is 0 Å². The Morgan fingerprint density at radius 2 is 1.81 bits per heavy atom. The van der Waals surface area contributed by atoms with Gasteiger partial charge in [0.15, 0.2) is 0 Å². The van der Waals surface area contributed by atoms with Gasteiger partial charge in [-0.25, -0.2) is 4.39 Å². The zero-order valence-corrected chi connectivity index (χ0v) is 19.6. The maximum Gasteiger partial charge on any atom is 0.127 e. The number of rotatable bonds is 6. The van der Waals surface area contributed by atoms with E-state index in [4.69, 9.17) is 0 Å². The molecule has 7 heteroatoms. The van der Waals surface area contributed by atoms with Gasteiger partial charge in [0.25, 0.3) is 0 Å². The molecule has 6 rings (SSSR count). The van der Waals surface area contributed by atoms with E-state index >= 15 is 0 Å². The van der Waals surface area contributed by atoms with Crippen molar-refractivity contribution in [3.05, 3.63) is 90.5 Å². The van der Waals surface area contributed by atoms with Crippen molar-refractivity contribution in [3.8, 4) is 39.4 Å². The van der Waals surface area contributed by atoms with Gasteiger partial charge >= 0.3 is 0 Å². The Hall–Kier alpha value is -4.49. The Kier molecular flexibility index (Phi) is 5.47. The van der Waals surface area contributed by atoms with Crippen molar-refractivity contribution in [1.82, 2.24) is 25.5 Å². The second-order valence-corrected chi connectivity index (χ2v) is 8.84. The second-order valence-electron chi connectivity index (χ2n) is 8.84. The van der Waals surface area contributed by atoms with E-state index in [-0.39, 0.29) is 5.75 Å². The first kappa shape index (κ1) is 22.0. The zero-order valence-electron chi connectivity index (χ0n) is 19.6. The van der Waals surface area contributed by atoms with Crippen molar-refractivity contribution >= 4 is 21.8 Å². The Bertz CT molecular complexity index is 1700. The summed E-state index contributed by atoms with van der Waals surface area (Å²) in [4.78, 5) is 7.89. The molecule has 0 amide bonds. The largest absolute Gasteiger partial charge is 0.508 e. The molecular weight excluding hydrogens is 453 g/mol. The number of hydrogen-bond donors (Lipinski definition) is 4. The minimum Gasteiger partial charge on any atom is -0.508 e. The molecule has 0 atom stereocenters. The quantitative estimate of drug-likeness (QED) is 0.224. The molecule has 0 aliphatic heterocycles. The maximum absolute atomic E-state index is 14.0. The maximum atomic E-state index is 14.0. The van der Waals surface area contributed by atoms with Crippen molar-refractivity contribution in [2.24, 2.45) is 0 Å². The van der Waals surface area contributed by atoms with Gasteiger partial charge in [0, 0.05) is 46.9 Å².